The second-order valence-electron chi connectivity index (χ2n) is 6.20. The summed E-state index contributed by atoms with van der Waals surface area (Å²) in [5.74, 6) is 1.52. The standard InChI is InChI=1S/C20H24ClN3O/c21-18-9-7-17(8-10-18)20(22)24-14-12-23(13-15-24)11-4-16-25-19-5-2-1-3-6-19/h1-3,5-10,22H,4,11-16H2. The Morgan fingerprint density at radius 3 is 2.32 bits per heavy atom. The largest absolute Gasteiger partial charge is 0.494 e. The summed E-state index contributed by atoms with van der Waals surface area (Å²) >= 11 is 5.92. The van der Waals surface area contributed by atoms with E-state index in [0.717, 1.165) is 57.1 Å². The van der Waals surface area contributed by atoms with Crippen LogP contribution in [-0.2, 0) is 0 Å². The summed E-state index contributed by atoms with van der Waals surface area (Å²) in [7, 11) is 0. The van der Waals surface area contributed by atoms with Gasteiger partial charge in [-0.3, -0.25) is 10.3 Å². The Hall–Kier alpha value is -2.04. The maximum absolute atomic E-state index is 8.37. The molecule has 5 heteroatoms. The van der Waals surface area contributed by atoms with E-state index < -0.39 is 0 Å². The highest BCUT2D eigenvalue weighted by atomic mass is 35.5. The molecule has 0 bridgehead atoms. The van der Waals surface area contributed by atoms with Gasteiger partial charge in [0.25, 0.3) is 0 Å². The SMILES string of the molecule is N=C(c1ccc(Cl)cc1)N1CCN(CCCOc2ccccc2)CC1. The third-order valence-electron chi connectivity index (χ3n) is 4.44. The van der Waals surface area contributed by atoms with Crippen molar-refractivity contribution in [2.75, 3.05) is 39.3 Å². The number of hydrogen-bond donors (Lipinski definition) is 1. The number of halogens is 1. The van der Waals surface area contributed by atoms with Crippen molar-refractivity contribution in [1.29, 1.82) is 5.41 Å². The molecule has 0 saturated carbocycles. The van der Waals surface area contributed by atoms with Crippen LogP contribution in [0.1, 0.15) is 12.0 Å². The van der Waals surface area contributed by atoms with E-state index >= 15 is 0 Å². The highest BCUT2D eigenvalue weighted by Crippen LogP contribution is 2.13. The second-order valence-corrected chi connectivity index (χ2v) is 6.64. The van der Waals surface area contributed by atoms with Crippen LogP contribution in [0.3, 0.4) is 0 Å². The summed E-state index contributed by atoms with van der Waals surface area (Å²) in [4.78, 5) is 4.58. The summed E-state index contributed by atoms with van der Waals surface area (Å²) in [5, 5.41) is 9.08. The molecule has 1 aliphatic rings. The maximum Gasteiger partial charge on any atom is 0.128 e. The molecule has 0 atom stereocenters. The third kappa shape index (κ3) is 5.21. The van der Waals surface area contributed by atoms with Crippen molar-refractivity contribution in [2.24, 2.45) is 0 Å². The zero-order valence-electron chi connectivity index (χ0n) is 14.3. The summed E-state index contributed by atoms with van der Waals surface area (Å²) < 4.78 is 5.74. The molecule has 132 valence electrons. The van der Waals surface area contributed by atoms with Crippen LogP contribution in [0.25, 0.3) is 0 Å². The van der Waals surface area contributed by atoms with Gasteiger partial charge in [0.05, 0.1) is 6.61 Å². The first-order chi connectivity index (χ1) is 12.2. The van der Waals surface area contributed by atoms with Gasteiger partial charge in [-0.25, -0.2) is 0 Å². The maximum atomic E-state index is 8.37. The number of para-hydroxylation sites is 1. The number of rotatable bonds is 6. The van der Waals surface area contributed by atoms with Crippen molar-refractivity contribution < 1.29 is 4.74 Å². The molecule has 3 rings (SSSR count). The highest BCUT2D eigenvalue weighted by Gasteiger charge is 2.19. The molecule has 1 N–H and O–H groups in total. The van der Waals surface area contributed by atoms with E-state index in [1.54, 1.807) is 0 Å². The van der Waals surface area contributed by atoms with Crippen molar-refractivity contribution in [3.8, 4) is 5.75 Å². The van der Waals surface area contributed by atoms with Gasteiger partial charge in [0.1, 0.15) is 11.6 Å². The Balaban J connectivity index is 1.37. The van der Waals surface area contributed by atoms with Crippen LogP contribution in [0.5, 0.6) is 5.75 Å². The fraction of sp³-hybridized carbons (Fsp3) is 0.350. The van der Waals surface area contributed by atoms with E-state index in [4.69, 9.17) is 21.7 Å². The van der Waals surface area contributed by atoms with Crippen molar-refractivity contribution in [3.05, 3.63) is 65.2 Å². The topological polar surface area (TPSA) is 39.6 Å². The molecule has 1 aliphatic heterocycles. The van der Waals surface area contributed by atoms with Crippen LogP contribution in [-0.4, -0.2) is 55.0 Å². The number of benzene rings is 2. The molecule has 0 aromatic heterocycles. The van der Waals surface area contributed by atoms with Crippen molar-refractivity contribution in [1.82, 2.24) is 9.80 Å². The van der Waals surface area contributed by atoms with Gasteiger partial charge in [-0.2, -0.15) is 0 Å². The second kappa shape index (κ2) is 8.88. The first kappa shape index (κ1) is 17.8. The molecular formula is C20H24ClN3O. The molecule has 0 spiro atoms. The molecule has 25 heavy (non-hydrogen) atoms. The molecule has 1 heterocycles. The fourth-order valence-electron chi connectivity index (χ4n) is 2.98. The smallest absolute Gasteiger partial charge is 0.128 e. The Labute approximate surface area is 154 Å². The van der Waals surface area contributed by atoms with Gasteiger partial charge >= 0.3 is 0 Å². The summed E-state index contributed by atoms with van der Waals surface area (Å²) in [6.45, 7) is 5.53. The van der Waals surface area contributed by atoms with Crippen LogP contribution in [0, 0.1) is 5.41 Å². The zero-order chi connectivity index (χ0) is 17.5. The van der Waals surface area contributed by atoms with E-state index in [1.165, 1.54) is 0 Å². The summed E-state index contributed by atoms with van der Waals surface area (Å²) in [6, 6.07) is 17.5. The average Bonchev–Trinajstić information content (AvgIpc) is 2.67. The lowest BCUT2D eigenvalue weighted by molar-refractivity contribution is 0.169. The van der Waals surface area contributed by atoms with Gasteiger partial charge in [0.2, 0.25) is 0 Å². The number of hydrogen-bond acceptors (Lipinski definition) is 3. The molecular weight excluding hydrogens is 334 g/mol. The minimum Gasteiger partial charge on any atom is -0.494 e. The van der Waals surface area contributed by atoms with Crippen LogP contribution >= 0.6 is 11.6 Å². The predicted molar refractivity (Wildman–Crippen MR) is 103 cm³/mol. The minimum absolute atomic E-state index is 0.587. The molecule has 2 aromatic rings. The molecule has 2 aromatic carbocycles. The molecule has 1 fully saturated rings. The van der Waals surface area contributed by atoms with E-state index in [9.17, 15) is 0 Å². The number of ether oxygens (including phenoxy) is 1. The van der Waals surface area contributed by atoms with Gasteiger partial charge in [-0.15, -0.1) is 0 Å². The molecule has 0 aliphatic carbocycles. The van der Waals surface area contributed by atoms with Gasteiger partial charge in [0.15, 0.2) is 0 Å². The van der Waals surface area contributed by atoms with Gasteiger partial charge in [-0.05, 0) is 42.8 Å². The van der Waals surface area contributed by atoms with E-state index in [1.807, 2.05) is 54.6 Å². The van der Waals surface area contributed by atoms with Gasteiger partial charge in [-0.1, -0.05) is 29.8 Å². The lowest BCUT2D eigenvalue weighted by Crippen LogP contribution is -2.49. The van der Waals surface area contributed by atoms with Gasteiger partial charge < -0.3 is 9.64 Å². The van der Waals surface area contributed by atoms with E-state index in [2.05, 4.69) is 9.80 Å². The van der Waals surface area contributed by atoms with E-state index in [-0.39, 0.29) is 0 Å². The van der Waals surface area contributed by atoms with Crippen molar-refractivity contribution in [2.45, 2.75) is 6.42 Å². The number of amidine groups is 1. The van der Waals surface area contributed by atoms with Crippen molar-refractivity contribution in [3.63, 3.8) is 0 Å². The third-order valence-corrected chi connectivity index (χ3v) is 4.69. The minimum atomic E-state index is 0.587. The van der Waals surface area contributed by atoms with Crippen LogP contribution in [0.15, 0.2) is 54.6 Å². The monoisotopic (exact) mass is 357 g/mol. The van der Waals surface area contributed by atoms with E-state index in [0.29, 0.717) is 10.9 Å². The molecule has 0 amide bonds. The van der Waals surface area contributed by atoms with Crippen molar-refractivity contribution >= 4 is 17.4 Å². The van der Waals surface area contributed by atoms with Crippen LogP contribution in [0.2, 0.25) is 5.02 Å². The fourth-order valence-corrected chi connectivity index (χ4v) is 3.11. The Bertz CT molecular complexity index is 667. The lowest BCUT2D eigenvalue weighted by Gasteiger charge is -2.36. The Morgan fingerprint density at radius 1 is 0.960 bits per heavy atom. The molecule has 0 unspecified atom stereocenters. The average molecular weight is 358 g/mol. The van der Waals surface area contributed by atoms with Gasteiger partial charge in [0, 0.05) is 43.3 Å². The molecule has 1 saturated heterocycles. The molecule has 4 nitrogen and oxygen atoms in total. The normalized spacial score (nSPS) is 15.2. The van der Waals surface area contributed by atoms with Crippen LogP contribution < -0.4 is 4.74 Å². The first-order valence-electron chi connectivity index (χ1n) is 8.72. The Morgan fingerprint density at radius 2 is 1.64 bits per heavy atom. The molecule has 0 radical (unpaired) electrons. The Kier molecular flexibility index (Phi) is 6.31. The summed E-state index contributed by atoms with van der Waals surface area (Å²) in [5.41, 5.74) is 0.925. The zero-order valence-corrected chi connectivity index (χ0v) is 15.1. The number of piperazine rings is 1. The predicted octanol–water partition coefficient (Wildman–Crippen LogP) is 3.75. The lowest BCUT2D eigenvalue weighted by atomic mass is 10.1. The quantitative estimate of drug-likeness (QED) is 0.486. The first-order valence-corrected chi connectivity index (χ1v) is 9.10. The number of nitrogens with one attached hydrogen (secondary N) is 1. The number of nitrogens with zero attached hydrogens (tertiary/aromatic N) is 2. The van der Waals surface area contributed by atoms with Crippen LogP contribution in [0.4, 0.5) is 0 Å². The summed E-state index contributed by atoms with van der Waals surface area (Å²) in [6.07, 6.45) is 1.02. The highest BCUT2D eigenvalue weighted by molar-refractivity contribution is 6.30.